The molecule has 1 heterocycles. The first-order valence-electron chi connectivity index (χ1n) is 8.05. The highest BCUT2D eigenvalue weighted by atomic mass is 16.5. The SMILES string of the molecule is CCNC(=NCc1noc(C)n1)NC(C)CCc1ccccc1. The molecule has 6 heteroatoms. The Labute approximate surface area is 137 Å². The number of hydrogen-bond acceptors (Lipinski definition) is 4. The summed E-state index contributed by atoms with van der Waals surface area (Å²) in [6, 6.07) is 10.8. The van der Waals surface area contributed by atoms with Crippen LogP contribution in [0.15, 0.2) is 39.8 Å². The van der Waals surface area contributed by atoms with Crippen molar-refractivity contribution in [3.05, 3.63) is 47.6 Å². The molecule has 2 aromatic rings. The standard InChI is InChI=1S/C17H25N5O/c1-4-18-17(19-12-16-21-14(3)23-22-16)20-13(2)10-11-15-8-6-5-7-9-15/h5-9,13H,4,10-12H2,1-3H3,(H2,18,19,20). The van der Waals surface area contributed by atoms with Gasteiger partial charge in [0.15, 0.2) is 11.8 Å². The van der Waals surface area contributed by atoms with Crippen LogP contribution in [0.25, 0.3) is 0 Å². The first kappa shape index (κ1) is 17.0. The van der Waals surface area contributed by atoms with E-state index in [1.54, 1.807) is 6.92 Å². The Morgan fingerprint density at radius 3 is 2.74 bits per heavy atom. The van der Waals surface area contributed by atoms with Crippen molar-refractivity contribution in [2.75, 3.05) is 6.54 Å². The molecule has 0 amide bonds. The van der Waals surface area contributed by atoms with E-state index in [1.165, 1.54) is 5.56 Å². The minimum Gasteiger partial charge on any atom is -0.357 e. The third-order valence-electron chi connectivity index (χ3n) is 3.38. The second kappa shape index (κ2) is 8.92. The summed E-state index contributed by atoms with van der Waals surface area (Å²) in [4.78, 5) is 8.66. The summed E-state index contributed by atoms with van der Waals surface area (Å²) in [5.41, 5.74) is 1.35. The number of guanidine groups is 1. The van der Waals surface area contributed by atoms with Gasteiger partial charge in [-0.2, -0.15) is 4.98 Å². The molecule has 23 heavy (non-hydrogen) atoms. The molecule has 0 saturated carbocycles. The zero-order chi connectivity index (χ0) is 16.5. The first-order chi connectivity index (χ1) is 11.2. The van der Waals surface area contributed by atoms with Crippen LogP contribution >= 0.6 is 0 Å². The summed E-state index contributed by atoms with van der Waals surface area (Å²) in [5, 5.41) is 10.5. The van der Waals surface area contributed by atoms with Gasteiger partial charge in [-0.3, -0.25) is 0 Å². The van der Waals surface area contributed by atoms with E-state index in [0.29, 0.717) is 24.3 Å². The molecular formula is C17H25N5O. The molecule has 0 fully saturated rings. The minimum atomic E-state index is 0.319. The van der Waals surface area contributed by atoms with Crippen LogP contribution in [0.3, 0.4) is 0 Å². The van der Waals surface area contributed by atoms with Crippen molar-refractivity contribution < 1.29 is 4.52 Å². The molecule has 0 aliphatic rings. The van der Waals surface area contributed by atoms with Gasteiger partial charge in [0, 0.05) is 19.5 Å². The highest BCUT2D eigenvalue weighted by Crippen LogP contribution is 2.05. The van der Waals surface area contributed by atoms with E-state index < -0.39 is 0 Å². The van der Waals surface area contributed by atoms with Crippen molar-refractivity contribution in [3.63, 3.8) is 0 Å². The van der Waals surface area contributed by atoms with Gasteiger partial charge in [0.05, 0.1) is 0 Å². The van der Waals surface area contributed by atoms with Crippen LogP contribution in [0.2, 0.25) is 0 Å². The fourth-order valence-corrected chi connectivity index (χ4v) is 2.21. The maximum absolute atomic E-state index is 4.95. The Morgan fingerprint density at radius 2 is 2.09 bits per heavy atom. The molecule has 1 aromatic heterocycles. The molecule has 124 valence electrons. The summed E-state index contributed by atoms with van der Waals surface area (Å²) in [6.07, 6.45) is 2.08. The van der Waals surface area contributed by atoms with E-state index in [0.717, 1.165) is 25.3 Å². The first-order valence-corrected chi connectivity index (χ1v) is 8.05. The highest BCUT2D eigenvalue weighted by Gasteiger charge is 2.07. The van der Waals surface area contributed by atoms with E-state index in [9.17, 15) is 0 Å². The number of aryl methyl sites for hydroxylation is 2. The molecule has 0 bridgehead atoms. The predicted octanol–water partition coefficient (Wildman–Crippen LogP) is 2.45. The Bertz CT molecular complexity index is 608. The normalized spacial score (nSPS) is 12.9. The van der Waals surface area contributed by atoms with Crippen LogP contribution in [-0.2, 0) is 13.0 Å². The van der Waals surface area contributed by atoms with Crippen LogP contribution in [0, 0.1) is 6.92 Å². The van der Waals surface area contributed by atoms with E-state index in [4.69, 9.17) is 4.52 Å². The van der Waals surface area contributed by atoms with Crippen LogP contribution in [0.4, 0.5) is 0 Å². The lowest BCUT2D eigenvalue weighted by Crippen LogP contribution is -2.42. The number of rotatable bonds is 7. The van der Waals surface area contributed by atoms with Gasteiger partial charge < -0.3 is 15.2 Å². The fraction of sp³-hybridized carbons (Fsp3) is 0.471. The molecule has 2 N–H and O–H groups in total. The van der Waals surface area contributed by atoms with Gasteiger partial charge >= 0.3 is 0 Å². The average molecular weight is 315 g/mol. The summed E-state index contributed by atoms with van der Waals surface area (Å²) < 4.78 is 4.95. The largest absolute Gasteiger partial charge is 0.357 e. The minimum absolute atomic E-state index is 0.319. The monoisotopic (exact) mass is 315 g/mol. The predicted molar refractivity (Wildman–Crippen MR) is 91.2 cm³/mol. The van der Waals surface area contributed by atoms with Crippen LogP contribution in [-0.4, -0.2) is 28.7 Å². The van der Waals surface area contributed by atoms with Crippen LogP contribution in [0.1, 0.15) is 37.5 Å². The van der Waals surface area contributed by atoms with E-state index in [-0.39, 0.29) is 0 Å². The van der Waals surface area contributed by atoms with Crippen molar-refractivity contribution >= 4 is 5.96 Å². The van der Waals surface area contributed by atoms with E-state index in [2.05, 4.69) is 57.0 Å². The zero-order valence-electron chi connectivity index (χ0n) is 14.0. The zero-order valence-corrected chi connectivity index (χ0v) is 14.0. The third-order valence-corrected chi connectivity index (χ3v) is 3.38. The van der Waals surface area contributed by atoms with Crippen molar-refractivity contribution in [1.82, 2.24) is 20.8 Å². The van der Waals surface area contributed by atoms with Crippen LogP contribution in [0.5, 0.6) is 0 Å². The van der Waals surface area contributed by atoms with Gasteiger partial charge in [0.2, 0.25) is 5.89 Å². The topological polar surface area (TPSA) is 75.3 Å². The summed E-state index contributed by atoms with van der Waals surface area (Å²) >= 11 is 0. The Balaban J connectivity index is 1.84. The maximum Gasteiger partial charge on any atom is 0.223 e. The smallest absolute Gasteiger partial charge is 0.223 e. The number of nitrogens with one attached hydrogen (secondary N) is 2. The molecule has 1 unspecified atom stereocenters. The van der Waals surface area contributed by atoms with Gasteiger partial charge in [-0.05, 0) is 32.3 Å². The number of aliphatic imine (C=N–C) groups is 1. The second-order valence-electron chi connectivity index (χ2n) is 5.49. The number of benzene rings is 1. The maximum atomic E-state index is 4.95. The van der Waals surface area contributed by atoms with Crippen LogP contribution < -0.4 is 10.6 Å². The molecule has 1 aromatic carbocycles. The summed E-state index contributed by atoms with van der Waals surface area (Å²) in [5.74, 6) is 1.93. The van der Waals surface area contributed by atoms with Crippen molar-refractivity contribution in [2.45, 2.75) is 46.2 Å². The Morgan fingerprint density at radius 1 is 1.30 bits per heavy atom. The molecule has 0 aliphatic heterocycles. The van der Waals surface area contributed by atoms with Gasteiger partial charge in [0.25, 0.3) is 0 Å². The molecule has 6 nitrogen and oxygen atoms in total. The van der Waals surface area contributed by atoms with E-state index >= 15 is 0 Å². The molecule has 1 atom stereocenters. The van der Waals surface area contributed by atoms with Gasteiger partial charge in [-0.15, -0.1) is 0 Å². The number of aromatic nitrogens is 2. The number of nitrogens with zero attached hydrogens (tertiary/aromatic N) is 3. The second-order valence-corrected chi connectivity index (χ2v) is 5.49. The molecule has 0 saturated heterocycles. The van der Waals surface area contributed by atoms with Crippen molar-refractivity contribution in [1.29, 1.82) is 0 Å². The third kappa shape index (κ3) is 6.10. The van der Waals surface area contributed by atoms with E-state index in [1.807, 2.05) is 13.0 Å². The number of hydrogen-bond donors (Lipinski definition) is 2. The average Bonchev–Trinajstić information content (AvgIpc) is 2.97. The lowest BCUT2D eigenvalue weighted by molar-refractivity contribution is 0.387. The van der Waals surface area contributed by atoms with Gasteiger partial charge in [-0.25, -0.2) is 4.99 Å². The lowest BCUT2D eigenvalue weighted by Gasteiger charge is -2.17. The molecule has 0 aliphatic carbocycles. The van der Waals surface area contributed by atoms with Gasteiger partial charge in [0.1, 0.15) is 6.54 Å². The summed E-state index contributed by atoms with van der Waals surface area (Å²) in [6.45, 7) is 7.19. The summed E-state index contributed by atoms with van der Waals surface area (Å²) in [7, 11) is 0. The Kier molecular flexibility index (Phi) is 6.59. The van der Waals surface area contributed by atoms with Gasteiger partial charge in [-0.1, -0.05) is 35.5 Å². The fourth-order valence-electron chi connectivity index (χ4n) is 2.21. The van der Waals surface area contributed by atoms with Crippen molar-refractivity contribution in [2.24, 2.45) is 4.99 Å². The lowest BCUT2D eigenvalue weighted by atomic mass is 10.1. The Hall–Kier alpha value is -2.37. The molecule has 0 radical (unpaired) electrons. The quantitative estimate of drug-likeness (QED) is 0.606. The molecule has 0 spiro atoms. The molecule has 2 rings (SSSR count). The highest BCUT2D eigenvalue weighted by molar-refractivity contribution is 5.79. The van der Waals surface area contributed by atoms with Crippen molar-refractivity contribution in [3.8, 4) is 0 Å². The molecular weight excluding hydrogens is 290 g/mol.